The number of ether oxygens (including phenoxy) is 1. The van der Waals surface area contributed by atoms with E-state index in [1.165, 1.54) is 32.4 Å². The Morgan fingerprint density at radius 1 is 1.20 bits per heavy atom. The van der Waals surface area contributed by atoms with Crippen LogP contribution in [0.2, 0.25) is 0 Å². The van der Waals surface area contributed by atoms with E-state index >= 15 is 0 Å². The van der Waals surface area contributed by atoms with Gasteiger partial charge in [0, 0.05) is 18.1 Å². The molecule has 0 aromatic rings. The zero-order valence-electron chi connectivity index (χ0n) is 13.6. The van der Waals surface area contributed by atoms with E-state index in [0.29, 0.717) is 15.6 Å². The normalized spacial score (nSPS) is 28.2. The fourth-order valence-corrected chi connectivity index (χ4v) is 5.04. The SMILES string of the molecule is CC(C)N1CCC(CC(C)(C)N2CCOCC2I)CC1. The molecule has 0 N–H and O–H groups in total. The number of hydrogen-bond donors (Lipinski definition) is 0. The Bertz CT molecular complexity index is 301. The van der Waals surface area contributed by atoms with Gasteiger partial charge in [0.2, 0.25) is 0 Å². The number of alkyl halides is 1. The van der Waals surface area contributed by atoms with Crippen LogP contribution in [0.15, 0.2) is 0 Å². The van der Waals surface area contributed by atoms with Crippen LogP contribution in [0.25, 0.3) is 0 Å². The predicted octanol–water partition coefficient (Wildman–Crippen LogP) is 3.37. The summed E-state index contributed by atoms with van der Waals surface area (Å²) in [6.45, 7) is 14.9. The van der Waals surface area contributed by atoms with Crippen molar-refractivity contribution in [2.75, 3.05) is 32.8 Å². The Morgan fingerprint density at radius 2 is 1.85 bits per heavy atom. The lowest BCUT2D eigenvalue weighted by molar-refractivity contribution is -0.0287. The van der Waals surface area contributed by atoms with Crippen molar-refractivity contribution in [1.82, 2.24) is 9.80 Å². The van der Waals surface area contributed by atoms with Crippen LogP contribution < -0.4 is 0 Å². The minimum atomic E-state index is 0.306. The van der Waals surface area contributed by atoms with E-state index < -0.39 is 0 Å². The van der Waals surface area contributed by atoms with Crippen LogP contribution in [-0.2, 0) is 4.74 Å². The number of halogens is 1. The Balaban J connectivity index is 1.85. The van der Waals surface area contributed by atoms with E-state index in [2.05, 4.69) is 60.1 Å². The summed E-state index contributed by atoms with van der Waals surface area (Å²) in [4.78, 5) is 5.28. The number of morpholine rings is 1. The van der Waals surface area contributed by atoms with Gasteiger partial charge in [0.15, 0.2) is 0 Å². The van der Waals surface area contributed by atoms with Gasteiger partial charge in [-0.1, -0.05) is 22.6 Å². The maximum absolute atomic E-state index is 5.58. The van der Waals surface area contributed by atoms with Gasteiger partial charge < -0.3 is 9.64 Å². The molecule has 0 bridgehead atoms. The lowest BCUT2D eigenvalue weighted by atomic mass is 9.83. The van der Waals surface area contributed by atoms with Crippen LogP contribution in [-0.4, -0.2) is 58.3 Å². The summed E-state index contributed by atoms with van der Waals surface area (Å²) in [5.41, 5.74) is 0.306. The third-order valence-electron chi connectivity index (χ3n) is 5.02. The van der Waals surface area contributed by atoms with Gasteiger partial charge in [-0.05, 0) is 66.0 Å². The molecule has 2 aliphatic heterocycles. The molecule has 2 fully saturated rings. The predicted molar refractivity (Wildman–Crippen MR) is 93.5 cm³/mol. The van der Waals surface area contributed by atoms with Crippen LogP contribution in [0.4, 0.5) is 0 Å². The molecule has 2 aliphatic rings. The van der Waals surface area contributed by atoms with Crippen LogP contribution in [0, 0.1) is 5.92 Å². The zero-order valence-corrected chi connectivity index (χ0v) is 15.7. The first-order valence-electron chi connectivity index (χ1n) is 8.13. The van der Waals surface area contributed by atoms with E-state index in [-0.39, 0.29) is 0 Å². The second-order valence-corrected chi connectivity index (χ2v) is 8.73. The highest BCUT2D eigenvalue weighted by Crippen LogP contribution is 2.33. The molecule has 2 heterocycles. The fourth-order valence-electron chi connectivity index (χ4n) is 3.75. The molecule has 3 nitrogen and oxygen atoms in total. The largest absolute Gasteiger partial charge is 0.378 e. The molecule has 0 amide bonds. The van der Waals surface area contributed by atoms with Gasteiger partial charge in [0.1, 0.15) is 0 Å². The highest BCUT2D eigenvalue weighted by Gasteiger charge is 2.36. The summed E-state index contributed by atoms with van der Waals surface area (Å²) in [5, 5.41) is 0. The van der Waals surface area contributed by atoms with Crippen LogP contribution >= 0.6 is 22.6 Å². The minimum absolute atomic E-state index is 0.306. The van der Waals surface area contributed by atoms with Crippen molar-refractivity contribution in [3.8, 4) is 0 Å². The minimum Gasteiger partial charge on any atom is -0.378 e. The van der Waals surface area contributed by atoms with Gasteiger partial charge in [0.25, 0.3) is 0 Å². The number of nitrogens with zero attached hydrogens (tertiary/aromatic N) is 2. The molecule has 1 atom stereocenters. The maximum atomic E-state index is 5.58. The summed E-state index contributed by atoms with van der Waals surface area (Å²) in [6, 6.07) is 0.710. The number of likely N-dealkylation sites (tertiary alicyclic amines) is 1. The Labute approximate surface area is 138 Å². The van der Waals surface area contributed by atoms with Gasteiger partial charge in [-0.2, -0.15) is 0 Å². The first-order chi connectivity index (χ1) is 9.40. The molecular formula is C16H31IN2O. The van der Waals surface area contributed by atoms with Gasteiger partial charge in [-0.25, -0.2) is 0 Å². The Kier molecular flexibility index (Phi) is 6.15. The monoisotopic (exact) mass is 394 g/mol. The molecule has 0 spiro atoms. The van der Waals surface area contributed by atoms with Crippen molar-refractivity contribution in [2.45, 2.75) is 62.6 Å². The Morgan fingerprint density at radius 3 is 2.40 bits per heavy atom. The summed E-state index contributed by atoms with van der Waals surface area (Å²) in [5.74, 6) is 0.895. The molecule has 0 radical (unpaired) electrons. The van der Waals surface area contributed by atoms with E-state index in [9.17, 15) is 0 Å². The van der Waals surface area contributed by atoms with E-state index in [0.717, 1.165) is 25.7 Å². The lowest BCUT2D eigenvalue weighted by Crippen LogP contribution is -2.54. The van der Waals surface area contributed by atoms with Crippen molar-refractivity contribution < 1.29 is 4.74 Å². The van der Waals surface area contributed by atoms with E-state index in [1.54, 1.807) is 0 Å². The second-order valence-electron chi connectivity index (χ2n) is 7.29. The average molecular weight is 394 g/mol. The molecule has 0 aromatic carbocycles. The molecule has 0 saturated carbocycles. The van der Waals surface area contributed by atoms with Crippen molar-refractivity contribution in [2.24, 2.45) is 5.92 Å². The first kappa shape index (κ1) is 17.0. The topological polar surface area (TPSA) is 15.7 Å². The average Bonchev–Trinajstić information content (AvgIpc) is 2.39. The van der Waals surface area contributed by atoms with Crippen molar-refractivity contribution in [1.29, 1.82) is 0 Å². The maximum Gasteiger partial charge on any atom is 0.0860 e. The molecule has 2 rings (SSSR count). The molecule has 118 valence electrons. The zero-order chi connectivity index (χ0) is 14.8. The van der Waals surface area contributed by atoms with Gasteiger partial charge >= 0.3 is 0 Å². The first-order valence-corrected chi connectivity index (χ1v) is 9.37. The molecule has 0 aliphatic carbocycles. The number of piperidine rings is 1. The van der Waals surface area contributed by atoms with Crippen molar-refractivity contribution in [3.63, 3.8) is 0 Å². The van der Waals surface area contributed by atoms with Gasteiger partial charge in [0.05, 0.1) is 17.3 Å². The molecule has 1 unspecified atom stereocenters. The fraction of sp³-hybridized carbons (Fsp3) is 1.00. The van der Waals surface area contributed by atoms with E-state index in [4.69, 9.17) is 4.74 Å². The summed E-state index contributed by atoms with van der Waals surface area (Å²) in [7, 11) is 0. The van der Waals surface area contributed by atoms with Crippen molar-refractivity contribution >= 4 is 22.6 Å². The lowest BCUT2D eigenvalue weighted by Gasteiger charge is -2.46. The quantitative estimate of drug-likeness (QED) is 0.413. The van der Waals surface area contributed by atoms with Crippen LogP contribution in [0.1, 0.15) is 47.0 Å². The highest BCUT2D eigenvalue weighted by atomic mass is 127. The van der Waals surface area contributed by atoms with Crippen LogP contribution in [0.5, 0.6) is 0 Å². The van der Waals surface area contributed by atoms with Gasteiger partial charge in [-0.15, -0.1) is 0 Å². The molecule has 0 aromatic heterocycles. The van der Waals surface area contributed by atoms with Crippen molar-refractivity contribution in [3.05, 3.63) is 0 Å². The number of rotatable bonds is 4. The molecule has 2 saturated heterocycles. The highest BCUT2D eigenvalue weighted by molar-refractivity contribution is 14.1. The van der Waals surface area contributed by atoms with E-state index in [1.807, 2.05) is 0 Å². The Hall–Kier alpha value is 0.610. The third kappa shape index (κ3) is 4.31. The summed E-state index contributed by atoms with van der Waals surface area (Å²) < 4.78 is 6.12. The number of hydrogen-bond acceptors (Lipinski definition) is 3. The smallest absolute Gasteiger partial charge is 0.0860 e. The molecular weight excluding hydrogens is 363 g/mol. The second kappa shape index (κ2) is 7.25. The van der Waals surface area contributed by atoms with Crippen LogP contribution in [0.3, 0.4) is 0 Å². The van der Waals surface area contributed by atoms with Gasteiger partial charge in [-0.3, -0.25) is 4.90 Å². The third-order valence-corrected chi connectivity index (χ3v) is 6.05. The standard InChI is InChI=1S/C16H31IN2O/c1-13(2)18-7-5-14(6-8-18)11-16(3,4)19-9-10-20-12-15(19)17/h13-15H,5-12H2,1-4H3. The molecule has 20 heavy (non-hydrogen) atoms. The summed E-state index contributed by atoms with van der Waals surface area (Å²) in [6.07, 6.45) is 4.08. The summed E-state index contributed by atoms with van der Waals surface area (Å²) >= 11 is 2.54. The molecule has 4 heteroatoms.